The molecule has 0 bridgehead atoms. The monoisotopic (exact) mass is 1350 g/mol. The second-order valence-corrected chi connectivity index (χ2v) is 23.2. The molecule has 7 aliphatic rings. The molecular formula is C51H85N3O38. The number of rotatable bonds is 24. The molecular weight excluding hydrogens is 1260 g/mol. The third kappa shape index (κ3) is 16.4. The minimum absolute atomic E-state index is 0.860. The van der Waals surface area contributed by atoms with Crippen LogP contribution in [0.2, 0.25) is 0 Å². The first kappa shape index (κ1) is 75.9. The predicted molar refractivity (Wildman–Crippen MR) is 282 cm³/mol. The first-order chi connectivity index (χ1) is 43.3. The molecule has 24 N–H and O–H groups in total. The zero-order valence-electron chi connectivity index (χ0n) is 49.5. The molecule has 3 amide bonds. The summed E-state index contributed by atoms with van der Waals surface area (Å²) in [5, 5.41) is 237. The van der Waals surface area contributed by atoms with E-state index in [9.17, 15) is 126 Å². The van der Waals surface area contributed by atoms with Crippen LogP contribution in [-0.4, -0.2) is 391 Å². The number of hydrogen-bond donors (Lipinski definition) is 24. The molecule has 41 heteroatoms. The number of hydrogen-bond acceptors (Lipinski definition) is 37. The van der Waals surface area contributed by atoms with Gasteiger partial charge in [0.2, 0.25) is 17.7 Å². The Morgan fingerprint density at radius 1 is 0.478 bits per heavy atom. The molecule has 0 aliphatic carbocycles. The van der Waals surface area contributed by atoms with Crippen molar-refractivity contribution in [3.63, 3.8) is 0 Å². The van der Waals surface area contributed by atoms with Gasteiger partial charge in [-0.3, -0.25) is 14.4 Å². The van der Waals surface area contributed by atoms with Gasteiger partial charge in [-0.25, -0.2) is 4.79 Å². The Kier molecular flexibility index (Phi) is 26.6. The summed E-state index contributed by atoms with van der Waals surface area (Å²) in [5.74, 6) is -8.24. The molecule has 0 radical (unpaired) electrons. The molecule has 7 fully saturated rings. The Morgan fingerprint density at radius 3 is 1.37 bits per heavy atom. The Morgan fingerprint density at radius 2 is 0.913 bits per heavy atom. The van der Waals surface area contributed by atoms with E-state index in [0.717, 1.165) is 13.8 Å². The maximum absolute atomic E-state index is 13.1. The predicted octanol–water partition coefficient (Wildman–Crippen LogP) is -15.6. The molecule has 7 aliphatic heterocycles. The van der Waals surface area contributed by atoms with Crippen LogP contribution in [0.4, 0.5) is 0 Å². The summed E-state index contributed by atoms with van der Waals surface area (Å²) < 4.78 is 77.4. The lowest BCUT2D eigenvalue weighted by Gasteiger charge is -2.52. The first-order valence-electron chi connectivity index (χ1n) is 29.1. The Bertz CT molecular complexity index is 2400. The number of carbonyl (C=O) groups excluding carboxylic acids is 3. The lowest BCUT2D eigenvalue weighted by molar-refractivity contribution is -0.416. The SMILES string of the molecule is CC(=O)N[C@H]1[C@@H](O[C@H]2[C@@H](O)[C@@H](CO)O[C@@H](O[C@H]3[C@@H](O)[C@@H](CO)O[C@@H](O[C@H]4[C@@H](O)[C@@H](CO[C@]5(C(=O)O)C[C@H](O)[C@@H](NC(=O)CO)[C@H]([C@H](O)[C@H](O)CO)O5)OC(O)[C@@H]4NC(C)=O)[C@@H]3O[C@@H]3O[C@@H](C)[C@@H](O)[C@@H](O)[C@@H]3O)[C@@H]2O[C@@H]2O[C@@H](C)[C@@H](O)[C@@H](O)[C@@H]2O)O[C@H](CO)[C@H](O)[C@@H]1O. The van der Waals surface area contributed by atoms with E-state index >= 15 is 0 Å². The van der Waals surface area contributed by atoms with Gasteiger partial charge >= 0.3 is 5.97 Å². The summed E-state index contributed by atoms with van der Waals surface area (Å²) in [6.45, 7) is -2.72. The lowest BCUT2D eigenvalue weighted by Crippen LogP contribution is -2.71. The lowest BCUT2D eigenvalue weighted by atomic mass is 9.88. The number of aliphatic carboxylic acids is 1. The second kappa shape index (κ2) is 32.3. The van der Waals surface area contributed by atoms with Crippen LogP contribution in [0.15, 0.2) is 0 Å². The van der Waals surface area contributed by atoms with Gasteiger partial charge in [-0.15, -0.1) is 0 Å². The summed E-state index contributed by atoms with van der Waals surface area (Å²) >= 11 is 0. The van der Waals surface area contributed by atoms with Gasteiger partial charge in [-0.1, -0.05) is 0 Å². The van der Waals surface area contributed by atoms with Crippen LogP contribution in [0.25, 0.3) is 0 Å². The molecule has 92 heavy (non-hydrogen) atoms. The van der Waals surface area contributed by atoms with Crippen molar-refractivity contribution >= 4 is 23.7 Å². The van der Waals surface area contributed by atoms with Crippen molar-refractivity contribution < 1.29 is 188 Å². The zero-order valence-corrected chi connectivity index (χ0v) is 49.5. The van der Waals surface area contributed by atoms with Crippen LogP contribution >= 0.6 is 0 Å². The highest BCUT2D eigenvalue weighted by atomic mass is 16.8. The molecule has 36 atom stereocenters. The fraction of sp³-hybridized carbons (Fsp3) is 0.922. The van der Waals surface area contributed by atoms with Crippen molar-refractivity contribution in [3.05, 3.63) is 0 Å². The highest BCUT2D eigenvalue weighted by Crippen LogP contribution is 2.40. The van der Waals surface area contributed by atoms with Crippen LogP contribution in [0, 0.1) is 0 Å². The summed E-state index contributed by atoms with van der Waals surface area (Å²) in [6, 6.07) is -5.58. The first-order valence-corrected chi connectivity index (χ1v) is 29.1. The van der Waals surface area contributed by atoms with Gasteiger partial charge in [0.05, 0.1) is 57.4 Å². The number of ether oxygens (including phenoxy) is 13. The van der Waals surface area contributed by atoms with E-state index in [-0.39, 0.29) is 0 Å². The normalized spacial score (nSPS) is 47.6. The van der Waals surface area contributed by atoms with Crippen LogP contribution in [0.5, 0.6) is 0 Å². The number of nitrogens with one attached hydrogen (secondary N) is 3. The van der Waals surface area contributed by atoms with E-state index in [0.29, 0.717) is 0 Å². The molecule has 7 rings (SSSR count). The van der Waals surface area contributed by atoms with Crippen molar-refractivity contribution in [2.24, 2.45) is 0 Å². The standard InChI is InChI=1S/C51H85N3O38/c1-12-26(65)34(73)36(75)46(81-12)90-42-40(88-45-24(52-14(3)60)33(72)29(68)18(7-56)84-45)30(69)19(8-57)86-49(42)89-41-31(70)20(9-58)85-48(43(41)91-47-37(76)35(74)27(66)13(2)82-47)87-38-25(53-15(4)61)44(77)83-21(32(38)71)11-80-51(50(78)79)5-16(62)23(54-22(64)10-59)39(92-51)28(67)17(63)6-55/h12-13,16-21,23-49,55-59,62-63,65-77H,5-11H2,1-4H3,(H,52,60)(H,53,61)(H,54,64)(H,78,79)/t12-,13-,16-,17+,18+,19+,20+,21+,23+,24+,25+,26+,27+,28+,29-,30-,31-,32-,33+,34+,35+,36-,37-,38+,39+,40-,41-,42+,43+,44?,45+,46-,47-,48-,49-,51+/m0/s1. The van der Waals surface area contributed by atoms with Crippen molar-refractivity contribution in [2.75, 3.05) is 39.6 Å². The number of carboxylic acid groups (broad SMARTS) is 1. The highest BCUT2D eigenvalue weighted by molar-refractivity contribution is 5.78. The highest BCUT2D eigenvalue weighted by Gasteiger charge is 2.61. The molecule has 0 aromatic carbocycles. The fourth-order valence-electron chi connectivity index (χ4n) is 11.6. The molecule has 0 aromatic heterocycles. The van der Waals surface area contributed by atoms with Gasteiger partial charge in [0.15, 0.2) is 37.7 Å². The number of amides is 3. The molecule has 532 valence electrons. The van der Waals surface area contributed by atoms with Gasteiger partial charge in [0.1, 0.15) is 159 Å². The Labute approximate surface area is 520 Å². The van der Waals surface area contributed by atoms with Crippen molar-refractivity contribution in [1.82, 2.24) is 16.0 Å². The topological polar surface area (TPSA) is 649 Å². The molecule has 0 aromatic rings. The maximum atomic E-state index is 13.1. The quantitative estimate of drug-likeness (QED) is 0.0427. The average molecular weight is 1350 g/mol. The number of aliphatic hydroxyl groups is 20. The summed E-state index contributed by atoms with van der Waals surface area (Å²) in [6.07, 6.45) is -68.2. The molecule has 7 heterocycles. The minimum Gasteiger partial charge on any atom is -0.477 e. The number of aliphatic hydroxyl groups excluding tert-OH is 20. The van der Waals surface area contributed by atoms with Gasteiger partial charge in [-0.2, -0.15) is 0 Å². The second-order valence-electron chi connectivity index (χ2n) is 23.2. The maximum Gasteiger partial charge on any atom is 0.364 e. The molecule has 7 saturated heterocycles. The number of carboxylic acids is 1. The van der Waals surface area contributed by atoms with Crippen molar-refractivity contribution in [3.8, 4) is 0 Å². The molecule has 1 unspecified atom stereocenters. The smallest absolute Gasteiger partial charge is 0.364 e. The van der Waals surface area contributed by atoms with Crippen LogP contribution in [-0.2, 0) is 80.8 Å². The van der Waals surface area contributed by atoms with E-state index in [4.69, 9.17) is 61.6 Å². The van der Waals surface area contributed by atoms with Gasteiger partial charge in [0.25, 0.3) is 5.79 Å². The zero-order chi connectivity index (χ0) is 68.3. The van der Waals surface area contributed by atoms with Gasteiger partial charge in [0, 0.05) is 20.3 Å². The van der Waals surface area contributed by atoms with Crippen LogP contribution < -0.4 is 16.0 Å². The van der Waals surface area contributed by atoms with E-state index in [1.807, 2.05) is 0 Å². The van der Waals surface area contributed by atoms with E-state index in [2.05, 4.69) is 16.0 Å². The fourth-order valence-corrected chi connectivity index (χ4v) is 11.6. The largest absolute Gasteiger partial charge is 0.477 e. The summed E-state index contributed by atoms with van der Waals surface area (Å²) in [5.41, 5.74) is 0. The van der Waals surface area contributed by atoms with Crippen LogP contribution in [0.1, 0.15) is 34.1 Å². The molecule has 0 saturated carbocycles. The third-order valence-corrected chi connectivity index (χ3v) is 16.8. The Balaban J connectivity index is 1.30. The van der Waals surface area contributed by atoms with E-state index < -0.39 is 290 Å². The van der Waals surface area contributed by atoms with Crippen molar-refractivity contribution in [2.45, 2.75) is 254 Å². The van der Waals surface area contributed by atoms with Gasteiger partial charge < -0.3 is 185 Å². The minimum atomic E-state index is -3.16. The van der Waals surface area contributed by atoms with Gasteiger partial charge in [-0.05, 0) is 13.8 Å². The Hall–Kier alpha value is -3.44. The van der Waals surface area contributed by atoms with Crippen LogP contribution in [0.3, 0.4) is 0 Å². The van der Waals surface area contributed by atoms with E-state index in [1.54, 1.807) is 0 Å². The summed E-state index contributed by atoms with van der Waals surface area (Å²) in [7, 11) is 0. The van der Waals surface area contributed by atoms with E-state index in [1.165, 1.54) is 13.8 Å². The third-order valence-electron chi connectivity index (χ3n) is 16.8. The van der Waals surface area contributed by atoms with Crippen molar-refractivity contribution in [1.29, 1.82) is 0 Å². The average Bonchev–Trinajstić information content (AvgIpc) is 0.768. The molecule has 41 nitrogen and oxygen atoms in total. The molecule has 0 spiro atoms. The summed E-state index contributed by atoms with van der Waals surface area (Å²) in [4.78, 5) is 50.7. The number of carbonyl (C=O) groups is 4.